The van der Waals surface area contributed by atoms with Gasteiger partial charge in [0.25, 0.3) is 5.91 Å². The van der Waals surface area contributed by atoms with E-state index >= 15 is 0 Å². The van der Waals surface area contributed by atoms with Gasteiger partial charge in [-0.1, -0.05) is 0 Å². The fourth-order valence-electron chi connectivity index (χ4n) is 1.37. The minimum atomic E-state index is -1.21. The molecule has 114 valence electrons. The molecule has 2 N–H and O–H groups in total. The maximum atomic E-state index is 11.7. The lowest BCUT2D eigenvalue weighted by molar-refractivity contribution is -0.608. The number of aromatic nitrogens is 1. The summed E-state index contributed by atoms with van der Waals surface area (Å²) in [5.74, 6) is -1.73. The van der Waals surface area contributed by atoms with Crippen LogP contribution >= 0.6 is 0 Å². The van der Waals surface area contributed by atoms with Crippen LogP contribution in [0, 0.1) is 5.21 Å². The summed E-state index contributed by atoms with van der Waals surface area (Å²) in [6.45, 7) is 4.76. The van der Waals surface area contributed by atoms with Crippen LogP contribution in [0.4, 0.5) is 4.79 Å². The summed E-state index contributed by atoms with van der Waals surface area (Å²) in [7, 11) is 0. The maximum Gasteiger partial charge on any atom is 0.405 e. The van der Waals surface area contributed by atoms with Crippen molar-refractivity contribution >= 4 is 17.9 Å². The average molecular weight is 295 g/mol. The summed E-state index contributed by atoms with van der Waals surface area (Å²) >= 11 is 0. The van der Waals surface area contributed by atoms with Crippen LogP contribution in [0.15, 0.2) is 24.4 Å². The third kappa shape index (κ3) is 5.09. The Labute approximate surface area is 121 Å². The zero-order valence-electron chi connectivity index (χ0n) is 12.0. The highest BCUT2D eigenvalue weighted by Gasteiger charge is 2.24. The number of hydrogen-bond acceptors (Lipinski definition) is 5. The first kappa shape index (κ1) is 16.4. The molecular formula is C13H17N3O5. The number of amides is 3. The second kappa shape index (κ2) is 7.22. The topological polar surface area (TPSA) is 111 Å². The van der Waals surface area contributed by atoms with E-state index in [0.717, 1.165) is 6.20 Å². The van der Waals surface area contributed by atoms with Gasteiger partial charge in [0.15, 0.2) is 12.3 Å². The molecule has 1 rings (SSSR count). The highest BCUT2D eigenvalue weighted by atomic mass is 16.6. The highest BCUT2D eigenvalue weighted by molar-refractivity contribution is 5.98. The van der Waals surface area contributed by atoms with Crippen LogP contribution in [0.5, 0.6) is 0 Å². The molecule has 1 atom stereocenters. The number of ether oxygens (including phenoxy) is 1. The van der Waals surface area contributed by atoms with Crippen LogP contribution in [0.1, 0.15) is 31.3 Å². The van der Waals surface area contributed by atoms with Crippen molar-refractivity contribution in [2.75, 3.05) is 0 Å². The molecule has 0 bridgehead atoms. The molecule has 0 saturated carbocycles. The molecule has 3 amide bonds. The quantitative estimate of drug-likeness (QED) is 0.465. The Kier molecular flexibility index (Phi) is 5.65. The van der Waals surface area contributed by atoms with Gasteiger partial charge in [-0.25, -0.2) is 9.59 Å². The molecule has 1 aromatic rings. The highest BCUT2D eigenvalue weighted by Crippen LogP contribution is 1.99. The lowest BCUT2D eigenvalue weighted by Crippen LogP contribution is -2.47. The molecule has 0 fully saturated rings. The molecular weight excluding hydrogens is 278 g/mol. The smallest absolute Gasteiger partial charge is 0.405 e. The first-order valence-corrected chi connectivity index (χ1v) is 6.31. The first-order chi connectivity index (χ1) is 9.81. The van der Waals surface area contributed by atoms with E-state index in [1.54, 1.807) is 13.8 Å². The summed E-state index contributed by atoms with van der Waals surface area (Å²) in [4.78, 5) is 34.7. The number of nitrogens with one attached hydrogen (secondary N) is 2. The van der Waals surface area contributed by atoms with E-state index in [9.17, 15) is 19.6 Å². The van der Waals surface area contributed by atoms with E-state index in [1.807, 2.05) is 5.32 Å². The van der Waals surface area contributed by atoms with Gasteiger partial charge in [-0.05, 0) is 26.8 Å². The normalized spacial score (nSPS) is 11.6. The lowest BCUT2D eigenvalue weighted by atomic mass is 10.3. The summed E-state index contributed by atoms with van der Waals surface area (Å²) < 4.78 is 5.16. The van der Waals surface area contributed by atoms with Gasteiger partial charge in [0.2, 0.25) is 0 Å². The molecule has 0 spiro atoms. The average Bonchev–Trinajstić information content (AvgIpc) is 2.37. The van der Waals surface area contributed by atoms with Crippen LogP contribution in [-0.4, -0.2) is 30.1 Å². The van der Waals surface area contributed by atoms with Gasteiger partial charge < -0.3 is 15.3 Å². The van der Waals surface area contributed by atoms with Crippen LogP contribution in [0.25, 0.3) is 0 Å². The second-order valence-electron chi connectivity index (χ2n) is 4.58. The third-order valence-electron chi connectivity index (χ3n) is 2.34. The van der Waals surface area contributed by atoms with Crippen LogP contribution in [0.2, 0.25) is 0 Å². The number of esters is 1. The molecule has 21 heavy (non-hydrogen) atoms. The van der Waals surface area contributed by atoms with Crippen molar-refractivity contribution in [1.29, 1.82) is 0 Å². The van der Waals surface area contributed by atoms with Crippen molar-refractivity contribution in [3.63, 3.8) is 0 Å². The molecule has 1 heterocycles. The summed E-state index contributed by atoms with van der Waals surface area (Å²) in [6.07, 6.45) is -0.0761. The number of hydrogen-bond donors (Lipinski definition) is 2. The molecule has 8 heteroatoms. The van der Waals surface area contributed by atoms with E-state index in [1.165, 1.54) is 25.1 Å². The molecule has 8 nitrogen and oxygen atoms in total. The van der Waals surface area contributed by atoms with Gasteiger partial charge in [-0.3, -0.25) is 10.1 Å². The van der Waals surface area contributed by atoms with E-state index in [-0.39, 0.29) is 11.7 Å². The summed E-state index contributed by atoms with van der Waals surface area (Å²) in [5.41, 5.74) is -0.246. The van der Waals surface area contributed by atoms with Gasteiger partial charge >= 0.3 is 17.7 Å². The number of carbonyl (C=O) groups is 3. The summed E-state index contributed by atoms with van der Waals surface area (Å²) in [5, 5.41) is 15.9. The maximum absolute atomic E-state index is 11.7. The number of imide groups is 1. The Morgan fingerprint density at radius 2 is 1.90 bits per heavy atom. The van der Waals surface area contributed by atoms with E-state index in [2.05, 4.69) is 5.32 Å². The number of pyridine rings is 1. The molecule has 0 aromatic carbocycles. The molecule has 0 unspecified atom stereocenters. The fraction of sp³-hybridized carbons (Fsp3) is 0.385. The van der Waals surface area contributed by atoms with Gasteiger partial charge in [0, 0.05) is 18.2 Å². The molecule has 0 aliphatic heterocycles. The number of urea groups is 1. The zero-order chi connectivity index (χ0) is 16.0. The second-order valence-corrected chi connectivity index (χ2v) is 4.58. The predicted molar refractivity (Wildman–Crippen MR) is 72.1 cm³/mol. The van der Waals surface area contributed by atoms with Gasteiger partial charge in [-0.15, -0.1) is 0 Å². The Balaban J connectivity index is 2.58. The number of rotatable bonds is 4. The molecule has 0 saturated heterocycles. The zero-order valence-corrected chi connectivity index (χ0v) is 12.0. The SMILES string of the molecule is CC(C)NC(=O)NC(=O)[C@H](C)OC(=O)c1cccc[n+]1[O-]. The molecule has 0 aliphatic carbocycles. The van der Waals surface area contributed by atoms with E-state index in [0.29, 0.717) is 4.73 Å². The standard InChI is InChI=1S/C13H17N3O5/c1-8(2)14-13(19)15-11(17)9(3)21-12(18)10-6-4-5-7-16(10)20/h4-9H,1-3H3,(H2,14,15,17,19)/t9-/m0/s1. The van der Waals surface area contributed by atoms with Crippen LogP contribution in [0.3, 0.4) is 0 Å². The van der Waals surface area contributed by atoms with Gasteiger partial charge in [0.05, 0.1) is 0 Å². The van der Waals surface area contributed by atoms with Gasteiger partial charge in [-0.2, -0.15) is 4.73 Å². The summed E-state index contributed by atoms with van der Waals surface area (Å²) in [6, 6.07) is 3.39. The largest absolute Gasteiger partial charge is 0.618 e. The monoisotopic (exact) mass is 295 g/mol. The molecule has 0 radical (unpaired) electrons. The van der Waals surface area contributed by atoms with Crippen LogP contribution in [-0.2, 0) is 9.53 Å². The molecule has 0 aliphatic rings. The van der Waals surface area contributed by atoms with Crippen molar-refractivity contribution in [3.8, 4) is 0 Å². The Morgan fingerprint density at radius 1 is 1.24 bits per heavy atom. The van der Waals surface area contributed by atoms with Crippen molar-refractivity contribution < 1.29 is 23.9 Å². The minimum absolute atomic E-state index is 0.139. The van der Waals surface area contributed by atoms with Crippen molar-refractivity contribution in [2.24, 2.45) is 0 Å². The van der Waals surface area contributed by atoms with E-state index in [4.69, 9.17) is 4.74 Å². The van der Waals surface area contributed by atoms with Crippen molar-refractivity contribution in [2.45, 2.75) is 32.9 Å². The lowest BCUT2D eigenvalue weighted by Gasteiger charge is -2.14. The first-order valence-electron chi connectivity index (χ1n) is 6.31. The fourth-order valence-corrected chi connectivity index (χ4v) is 1.37. The minimum Gasteiger partial charge on any atom is -0.618 e. The van der Waals surface area contributed by atoms with Crippen LogP contribution < -0.4 is 15.4 Å². The third-order valence-corrected chi connectivity index (χ3v) is 2.34. The predicted octanol–water partition coefficient (Wildman–Crippen LogP) is 0.0995. The number of carbonyl (C=O) groups excluding carboxylic acids is 3. The van der Waals surface area contributed by atoms with Crippen molar-refractivity contribution in [3.05, 3.63) is 35.3 Å². The Morgan fingerprint density at radius 3 is 2.48 bits per heavy atom. The Bertz CT molecular complexity index is 544. The van der Waals surface area contributed by atoms with E-state index < -0.39 is 24.0 Å². The molecule has 1 aromatic heterocycles. The van der Waals surface area contributed by atoms with Gasteiger partial charge in [0.1, 0.15) is 0 Å². The van der Waals surface area contributed by atoms with Crippen molar-refractivity contribution in [1.82, 2.24) is 10.6 Å². The Hall–Kier alpha value is -2.64. The number of nitrogens with zero attached hydrogens (tertiary/aromatic N) is 1.